The first-order chi connectivity index (χ1) is 17.8. The number of hydrogen-bond acceptors (Lipinski definition) is 8. The highest BCUT2D eigenvalue weighted by Gasteiger charge is 2.27. The van der Waals surface area contributed by atoms with E-state index in [4.69, 9.17) is 14.6 Å². The van der Waals surface area contributed by atoms with E-state index in [9.17, 15) is 14.4 Å². The number of aryl methyl sites for hydroxylation is 2. The van der Waals surface area contributed by atoms with Gasteiger partial charge < -0.3 is 19.5 Å². The number of aliphatic carboxylic acids is 1. The van der Waals surface area contributed by atoms with Crippen molar-refractivity contribution in [2.24, 2.45) is 7.05 Å². The molecule has 0 spiro atoms. The lowest BCUT2D eigenvalue weighted by Gasteiger charge is -2.34. The topological polar surface area (TPSA) is 129 Å². The molecule has 1 aliphatic rings. The van der Waals surface area contributed by atoms with Crippen molar-refractivity contribution in [2.75, 3.05) is 31.7 Å². The molecule has 1 N–H and O–H groups in total. The Morgan fingerprint density at radius 3 is 2.54 bits per heavy atom. The maximum Gasteiger partial charge on any atom is 0.341 e. The molecule has 0 amide bonds. The Bertz CT molecular complexity index is 1640. The van der Waals surface area contributed by atoms with Gasteiger partial charge in [0.25, 0.3) is 5.56 Å². The lowest BCUT2D eigenvalue weighted by molar-refractivity contribution is -0.139. The van der Waals surface area contributed by atoms with E-state index in [2.05, 4.69) is 14.9 Å². The van der Waals surface area contributed by atoms with Gasteiger partial charge in [0.15, 0.2) is 18.1 Å². The lowest BCUT2D eigenvalue weighted by Crippen LogP contribution is -2.45. The van der Waals surface area contributed by atoms with E-state index >= 15 is 0 Å². The van der Waals surface area contributed by atoms with Crippen molar-refractivity contribution in [1.29, 1.82) is 0 Å². The van der Waals surface area contributed by atoms with Crippen LogP contribution in [0.5, 0.6) is 11.5 Å². The fourth-order valence-electron chi connectivity index (χ4n) is 4.97. The Hall–Kier alpha value is -4.41. The van der Waals surface area contributed by atoms with Gasteiger partial charge in [0.05, 0.1) is 23.5 Å². The van der Waals surface area contributed by atoms with Gasteiger partial charge in [-0.3, -0.25) is 13.9 Å². The molecule has 2 aromatic heterocycles. The van der Waals surface area contributed by atoms with E-state index in [-0.39, 0.29) is 23.0 Å². The summed E-state index contributed by atoms with van der Waals surface area (Å²) >= 11 is 0. The first-order valence-corrected chi connectivity index (χ1v) is 11.9. The predicted molar refractivity (Wildman–Crippen MR) is 138 cm³/mol. The number of carbonyl (C=O) groups is 1. The molecule has 5 rings (SSSR count). The maximum absolute atomic E-state index is 13.3. The summed E-state index contributed by atoms with van der Waals surface area (Å²) in [5.74, 6) is 0.258. The van der Waals surface area contributed by atoms with Gasteiger partial charge >= 0.3 is 11.7 Å². The number of methoxy groups -OCH3 is 1. The standard InChI is InChI=1S/C26H27N5O6/c1-15-4-5-20-18(10-15)25(34)31(26(35)29(20)2)16-6-8-30(9-7-16)24-17-11-21(36-3)22(37-13-23(32)33)12-19(17)27-14-28-24/h4-5,10-12,14,16H,6-9,13H2,1-3H3,(H,32,33). The van der Waals surface area contributed by atoms with Crippen LogP contribution in [0.2, 0.25) is 0 Å². The minimum Gasteiger partial charge on any atom is -0.493 e. The third-order valence-corrected chi connectivity index (χ3v) is 6.84. The van der Waals surface area contributed by atoms with Gasteiger partial charge in [0, 0.05) is 37.6 Å². The van der Waals surface area contributed by atoms with Gasteiger partial charge in [0.2, 0.25) is 0 Å². The summed E-state index contributed by atoms with van der Waals surface area (Å²) in [6, 6.07) is 8.68. The molecule has 11 heteroatoms. The van der Waals surface area contributed by atoms with Crippen LogP contribution in [0.4, 0.5) is 5.82 Å². The number of carboxylic acid groups (broad SMARTS) is 1. The van der Waals surface area contributed by atoms with Crippen LogP contribution in [0.15, 0.2) is 46.2 Å². The van der Waals surface area contributed by atoms with Crippen molar-refractivity contribution in [3.63, 3.8) is 0 Å². The third kappa shape index (κ3) is 4.37. The zero-order valence-corrected chi connectivity index (χ0v) is 20.8. The first-order valence-electron chi connectivity index (χ1n) is 11.9. The summed E-state index contributed by atoms with van der Waals surface area (Å²) in [5.41, 5.74) is 1.61. The number of piperidine rings is 1. The van der Waals surface area contributed by atoms with Crippen LogP contribution < -0.4 is 25.6 Å². The SMILES string of the molecule is COc1cc2c(N3CCC(n4c(=O)c5cc(C)ccc5n(C)c4=O)CC3)ncnc2cc1OCC(=O)O. The van der Waals surface area contributed by atoms with E-state index in [1.54, 1.807) is 19.2 Å². The Balaban J connectivity index is 1.45. The number of nitrogens with zero attached hydrogens (tertiary/aromatic N) is 5. The Morgan fingerprint density at radius 1 is 1.08 bits per heavy atom. The lowest BCUT2D eigenvalue weighted by atomic mass is 10.0. The van der Waals surface area contributed by atoms with Crippen LogP contribution in [0.1, 0.15) is 24.4 Å². The minimum absolute atomic E-state index is 0.231. The monoisotopic (exact) mass is 505 g/mol. The van der Waals surface area contributed by atoms with Crippen LogP contribution in [0.3, 0.4) is 0 Å². The van der Waals surface area contributed by atoms with Crippen molar-refractivity contribution in [2.45, 2.75) is 25.8 Å². The predicted octanol–water partition coefficient (Wildman–Crippen LogP) is 2.27. The quantitative estimate of drug-likeness (QED) is 0.419. The van der Waals surface area contributed by atoms with Crippen LogP contribution in [-0.2, 0) is 11.8 Å². The minimum atomic E-state index is -1.09. The third-order valence-electron chi connectivity index (χ3n) is 6.84. The van der Waals surface area contributed by atoms with Crippen molar-refractivity contribution in [3.8, 4) is 11.5 Å². The molecule has 1 aliphatic heterocycles. The van der Waals surface area contributed by atoms with E-state index < -0.39 is 12.6 Å². The number of carboxylic acids is 1. The molecule has 0 atom stereocenters. The van der Waals surface area contributed by atoms with E-state index in [0.717, 1.165) is 10.9 Å². The number of ether oxygens (including phenoxy) is 2. The zero-order valence-electron chi connectivity index (χ0n) is 20.8. The molecule has 2 aromatic carbocycles. The molecule has 1 saturated heterocycles. The second kappa shape index (κ2) is 9.57. The zero-order chi connectivity index (χ0) is 26.3. The van der Waals surface area contributed by atoms with Gasteiger partial charge in [-0.25, -0.2) is 19.6 Å². The van der Waals surface area contributed by atoms with Gasteiger partial charge in [-0.2, -0.15) is 0 Å². The summed E-state index contributed by atoms with van der Waals surface area (Å²) in [7, 11) is 3.17. The van der Waals surface area contributed by atoms with E-state index in [1.165, 1.54) is 22.6 Å². The molecule has 0 aliphatic carbocycles. The number of hydrogen-bond donors (Lipinski definition) is 1. The highest BCUT2D eigenvalue weighted by Crippen LogP contribution is 2.36. The van der Waals surface area contributed by atoms with Crippen molar-refractivity contribution in [1.82, 2.24) is 19.1 Å². The summed E-state index contributed by atoms with van der Waals surface area (Å²) in [5, 5.41) is 10.2. The van der Waals surface area contributed by atoms with Crippen LogP contribution in [-0.4, -0.2) is 57.0 Å². The highest BCUT2D eigenvalue weighted by molar-refractivity contribution is 5.92. The molecule has 0 bridgehead atoms. The fraction of sp³-hybridized carbons (Fsp3) is 0.346. The second-order valence-corrected chi connectivity index (χ2v) is 9.16. The number of aromatic nitrogens is 4. The molecule has 37 heavy (non-hydrogen) atoms. The number of anilines is 1. The summed E-state index contributed by atoms with van der Waals surface area (Å²) < 4.78 is 13.7. The van der Waals surface area contributed by atoms with Crippen LogP contribution in [0, 0.1) is 6.92 Å². The Morgan fingerprint density at radius 2 is 1.84 bits per heavy atom. The van der Waals surface area contributed by atoms with Gasteiger partial charge in [-0.05, 0) is 38.0 Å². The second-order valence-electron chi connectivity index (χ2n) is 9.16. The maximum atomic E-state index is 13.3. The molecule has 0 saturated carbocycles. The highest BCUT2D eigenvalue weighted by atomic mass is 16.5. The molecule has 0 radical (unpaired) electrons. The molecule has 11 nitrogen and oxygen atoms in total. The number of benzene rings is 2. The molecule has 4 aromatic rings. The molecule has 1 fully saturated rings. The average Bonchev–Trinajstić information content (AvgIpc) is 2.90. The van der Waals surface area contributed by atoms with Crippen LogP contribution in [0.25, 0.3) is 21.8 Å². The van der Waals surface area contributed by atoms with Gasteiger partial charge in [-0.1, -0.05) is 11.6 Å². The largest absolute Gasteiger partial charge is 0.493 e. The van der Waals surface area contributed by atoms with E-state index in [1.807, 2.05) is 25.1 Å². The average molecular weight is 506 g/mol. The van der Waals surface area contributed by atoms with Crippen molar-refractivity contribution < 1.29 is 19.4 Å². The summed E-state index contributed by atoms with van der Waals surface area (Å²) in [4.78, 5) is 48.3. The molecular formula is C26H27N5O6. The fourth-order valence-corrected chi connectivity index (χ4v) is 4.97. The first kappa shape index (κ1) is 24.3. The van der Waals surface area contributed by atoms with Gasteiger partial charge in [0.1, 0.15) is 12.1 Å². The number of fused-ring (bicyclic) bond motifs is 2. The van der Waals surface area contributed by atoms with Gasteiger partial charge in [-0.15, -0.1) is 0 Å². The Kier molecular flexibility index (Phi) is 6.28. The Labute approximate surface area is 211 Å². The normalized spacial score (nSPS) is 14.3. The summed E-state index contributed by atoms with van der Waals surface area (Å²) in [6.07, 6.45) is 2.63. The smallest absolute Gasteiger partial charge is 0.341 e. The van der Waals surface area contributed by atoms with Crippen molar-refractivity contribution >= 4 is 33.6 Å². The molecule has 3 heterocycles. The van der Waals surface area contributed by atoms with Crippen molar-refractivity contribution in [3.05, 3.63) is 63.1 Å². The van der Waals surface area contributed by atoms with E-state index in [0.29, 0.717) is 53.9 Å². The number of rotatable bonds is 6. The molecule has 0 unspecified atom stereocenters. The summed E-state index contributed by atoms with van der Waals surface area (Å²) in [6.45, 7) is 2.59. The van der Waals surface area contributed by atoms with Crippen LogP contribution >= 0.6 is 0 Å². The molecule has 192 valence electrons. The molecular weight excluding hydrogens is 478 g/mol.